The first-order valence-corrected chi connectivity index (χ1v) is 4.11. The van der Waals surface area contributed by atoms with E-state index in [-0.39, 0.29) is 6.29 Å². The zero-order chi connectivity index (χ0) is 13.2. The maximum atomic E-state index is 11.9. The van der Waals surface area contributed by atoms with E-state index >= 15 is 0 Å². The molecule has 0 bridgehead atoms. The van der Waals surface area contributed by atoms with Gasteiger partial charge in [-0.15, -0.1) is 13.2 Å². The molecule has 0 radical (unpaired) electrons. The van der Waals surface area contributed by atoms with Gasteiger partial charge in [-0.1, -0.05) is 0 Å². The zero-order valence-corrected chi connectivity index (χ0v) is 8.32. The minimum atomic E-state index is -5.01. The number of rotatable bonds is 3. The van der Waals surface area contributed by atoms with Crippen LogP contribution in [0.5, 0.6) is 5.88 Å². The maximum absolute atomic E-state index is 11.9. The summed E-state index contributed by atoms with van der Waals surface area (Å²) in [7, 11) is 0. The van der Waals surface area contributed by atoms with E-state index in [9.17, 15) is 28.1 Å². The third-order valence-electron chi connectivity index (χ3n) is 1.79. The number of nitrogens with zero attached hydrogens (tertiary/aromatic N) is 2. The van der Waals surface area contributed by atoms with Crippen LogP contribution in [0.15, 0.2) is 6.20 Å². The number of carbonyl (C=O) groups excluding carboxylic acids is 1. The number of alkyl halides is 3. The second-order valence-corrected chi connectivity index (χ2v) is 2.92. The van der Waals surface area contributed by atoms with Crippen LogP contribution < -0.4 is 4.74 Å². The molecule has 0 unspecified atom stereocenters. The van der Waals surface area contributed by atoms with Crippen molar-refractivity contribution in [3.8, 4) is 5.88 Å². The minimum Gasteiger partial charge on any atom is -0.387 e. The molecule has 9 heteroatoms. The Morgan fingerprint density at radius 1 is 1.53 bits per heavy atom. The summed E-state index contributed by atoms with van der Waals surface area (Å²) in [6.07, 6.45) is -4.22. The van der Waals surface area contributed by atoms with Crippen molar-refractivity contribution in [2.24, 2.45) is 0 Å². The highest BCUT2D eigenvalue weighted by molar-refractivity contribution is 5.82. The van der Waals surface area contributed by atoms with Crippen LogP contribution in [0.1, 0.15) is 15.9 Å². The number of hydrogen-bond donors (Lipinski definition) is 0. The van der Waals surface area contributed by atoms with Crippen molar-refractivity contribution >= 4 is 12.0 Å². The average Bonchev–Trinajstić information content (AvgIpc) is 2.18. The molecule has 0 aliphatic carbocycles. The first-order valence-electron chi connectivity index (χ1n) is 4.11. The van der Waals surface area contributed by atoms with Gasteiger partial charge in [0.2, 0.25) is 5.88 Å². The van der Waals surface area contributed by atoms with Crippen molar-refractivity contribution in [1.82, 2.24) is 4.98 Å². The molecule has 0 aliphatic rings. The van der Waals surface area contributed by atoms with Crippen LogP contribution in [0, 0.1) is 17.0 Å². The Morgan fingerprint density at radius 2 is 2.12 bits per heavy atom. The molecule has 1 aromatic heterocycles. The van der Waals surface area contributed by atoms with E-state index in [1.54, 1.807) is 0 Å². The lowest BCUT2D eigenvalue weighted by Gasteiger charge is -2.10. The molecule has 1 aromatic rings. The Balaban J connectivity index is 3.33. The molecule has 0 saturated carbocycles. The highest BCUT2D eigenvalue weighted by Crippen LogP contribution is 2.31. The van der Waals surface area contributed by atoms with Gasteiger partial charge >= 0.3 is 6.36 Å². The van der Waals surface area contributed by atoms with Crippen LogP contribution in [0.25, 0.3) is 0 Å². The number of carbonyl (C=O) groups is 1. The second kappa shape index (κ2) is 4.36. The molecule has 0 aromatic carbocycles. The van der Waals surface area contributed by atoms with Crippen LogP contribution >= 0.6 is 0 Å². The molecule has 17 heavy (non-hydrogen) atoms. The Bertz CT molecular complexity index is 473. The Hall–Kier alpha value is -2.19. The van der Waals surface area contributed by atoms with Gasteiger partial charge in [0.15, 0.2) is 6.29 Å². The highest BCUT2D eigenvalue weighted by atomic mass is 19.4. The van der Waals surface area contributed by atoms with Crippen LogP contribution in [0.2, 0.25) is 0 Å². The van der Waals surface area contributed by atoms with Crippen molar-refractivity contribution in [2.45, 2.75) is 13.3 Å². The summed E-state index contributed by atoms with van der Waals surface area (Å²) < 4.78 is 39.3. The molecule has 0 N–H and O–H groups in total. The predicted molar refractivity (Wildman–Crippen MR) is 47.7 cm³/mol. The summed E-state index contributed by atoms with van der Waals surface area (Å²) >= 11 is 0. The normalized spacial score (nSPS) is 11.1. The minimum absolute atomic E-state index is 0.134. The molecular formula is C8H5F3N2O4. The van der Waals surface area contributed by atoms with E-state index in [2.05, 4.69) is 9.72 Å². The summed E-state index contributed by atoms with van der Waals surface area (Å²) in [5.74, 6) is -0.949. The van der Waals surface area contributed by atoms with Crippen molar-refractivity contribution in [1.29, 1.82) is 0 Å². The molecule has 0 fully saturated rings. The molecule has 0 saturated heterocycles. The van der Waals surface area contributed by atoms with Gasteiger partial charge in [-0.25, -0.2) is 4.98 Å². The molecule has 1 rings (SSSR count). The number of ether oxygens (including phenoxy) is 1. The molecule has 0 atom stereocenters. The lowest BCUT2D eigenvalue weighted by atomic mass is 10.1. The van der Waals surface area contributed by atoms with E-state index < -0.39 is 34.0 Å². The van der Waals surface area contributed by atoms with Crippen molar-refractivity contribution in [3.63, 3.8) is 0 Å². The second-order valence-electron chi connectivity index (χ2n) is 2.92. The lowest BCUT2D eigenvalue weighted by Crippen LogP contribution is -2.19. The summed E-state index contributed by atoms with van der Waals surface area (Å²) in [6.45, 7) is 1.01. The van der Waals surface area contributed by atoms with E-state index in [0.717, 1.165) is 6.92 Å². The van der Waals surface area contributed by atoms with Gasteiger partial charge in [0.05, 0.1) is 10.5 Å². The van der Waals surface area contributed by atoms with Gasteiger partial charge in [-0.2, -0.15) is 0 Å². The Morgan fingerprint density at radius 3 is 2.53 bits per heavy atom. The SMILES string of the molecule is Cc1c(OC(F)(F)F)ncc(C=O)c1[N+](=O)[O-]. The monoisotopic (exact) mass is 250 g/mol. The summed E-state index contributed by atoms with van der Waals surface area (Å²) in [6, 6.07) is 0. The fourth-order valence-electron chi connectivity index (χ4n) is 1.15. The standard InChI is InChI=1S/C8H5F3N2O4/c1-4-6(13(15)16)5(3-14)2-12-7(4)17-8(9,10)11/h2-3H,1H3. The summed E-state index contributed by atoms with van der Waals surface area (Å²) in [5.41, 5.74) is -1.63. The fourth-order valence-corrected chi connectivity index (χ4v) is 1.15. The van der Waals surface area contributed by atoms with Gasteiger partial charge in [-0.3, -0.25) is 14.9 Å². The van der Waals surface area contributed by atoms with Crippen LogP contribution in [0.4, 0.5) is 18.9 Å². The third kappa shape index (κ3) is 2.89. The first-order chi connectivity index (χ1) is 7.76. The van der Waals surface area contributed by atoms with Crippen molar-refractivity contribution in [2.75, 3.05) is 0 Å². The molecule has 6 nitrogen and oxygen atoms in total. The quantitative estimate of drug-likeness (QED) is 0.465. The van der Waals surface area contributed by atoms with E-state index in [4.69, 9.17) is 0 Å². The third-order valence-corrected chi connectivity index (χ3v) is 1.79. The van der Waals surface area contributed by atoms with Gasteiger partial charge in [0.1, 0.15) is 5.56 Å². The summed E-state index contributed by atoms with van der Waals surface area (Å²) in [4.78, 5) is 23.3. The maximum Gasteiger partial charge on any atom is 0.574 e. The van der Waals surface area contributed by atoms with Gasteiger partial charge in [0.25, 0.3) is 5.69 Å². The highest BCUT2D eigenvalue weighted by Gasteiger charge is 2.34. The molecule has 1 heterocycles. The molecule has 92 valence electrons. The van der Waals surface area contributed by atoms with E-state index in [0.29, 0.717) is 6.20 Å². The van der Waals surface area contributed by atoms with Crippen molar-refractivity contribution < 1.29 is 27.6 Å². The number of aromatic nitrogens is 1. The number of halogens is 3. The topological polar surface area (TPSA) is 82.3 Å². The lowest BCUT2D eigenvalue weighted by molar-refractivity contribution is -0.385. The predicted octanol–water partition coefficient (Wildman–Crippen LogP) is 2.01. The molecular weight excluding hydrogens is 245 g/mol. The van der Waals surface area contributed by atoms with Gasteiger partial charge in [0, 0.05) is 6.20 Å². The number of aldehydes is 1. The van der Waals surface area contributed by atoms with E-state index in [1.165, 1.54) is 0 Å². The first kappa shape index (κ1) is 12.9. The average molecular weight is 250 g/mol. The van der Waals surface area contributed by atoms with Gasteiger partial charge in [-0.05, 0) is 6.92 Å². The summed E-state index contributed by atoms with van der Waals surface area (Å²) in [5, 5.41) is 10.6. The smallest absolute Gasteiger partial charge is 0.387 e. The molecule has 0 aliphatic heterocycles. The van der Waals surface area contributed by atoms with E-state index in [1.807, 2.05) is 0 Å². The van der Waals surface area contributed by atoms with Gasteiger partial charge < -0.3 is 4.74 Å². The van der Waals surface area contributed by atoms with Crippen molar-refractivity contribution in [3.05, 3.63) is 27.4 Å². The Kier molecular flexibility index (Phi) is 3.30. The van der Waals surface area contributed by atoms with Crippen LogP contribution in [-0.4, -0.2) is 22.6 Å². The van der Waals surface area contributed by atoms with Crippen LogP contribution in [-0.2, 0) is 0 Å². The number of hydrogen-bond acceptors (Lipinski definition) is 5. The molecule has 0 spiro atoms. The Labute approximate surface area is 92.2 Å². The number of pyridine rings is 1. The van der Waals surface area contributed by atoms with Crippen LogP contribution in [0.3, 0.4) is 0 Å². The fraction of sp³-hybridized carbons (Fsp3) is 0.250. The largest absolute Gasteiger partial charge is 0.574 e. The molecule has 0 amide bonds. The zero-order valence-electron chi connectivity index (χ0n) is 8.32. The number of nitro groups is 1.